The van der Waals surface area contributed by atoms with Gasteiger partial charge in [-0.2, -0.15) is 0 Å². The number of hydrogen-bond acceptors (Lipinski definition) is 31. The van der Waals surface area contributed by atoms with Crippen molar-refractivity contribution in [3.8, 4) is 0 Å². The summed E-state index contributed by atoms with van der Waals surface area (Å²) in [6.45, 7) is 8.92. The minimum atomic E-state index is -2.15. The van der Waals surface area contributed by atoms with Gasteiger partial charge in [0.2, 0.25) is 0 Å². The molecule has 4 saturated carbocycles. The van der Waals surface area contributed by atoms with E-state index in [0.717, 1.165) is 38.5 Å². The molecule has 0 amide bonds. The summed E-state index contributed by atoms with van der Waals surface area (Å²) in [7, 11) is 0. The Morgan fingerprint density at radius 2 is 1.01 bits per heavy atom. The Morgan fingerprint density at radius 1 is 0.473 bits per heavy atom. The van der Waals surface area contributed by atoms with Crippen molar-refractivity contribution >= 4 is 5.78 Å². The van der Waals surface area contributed by atoms with Crippen LogP contribution in [0, 0.1) is 52.3 Å². The summed E-state index contributed by atoms with van der Waals surface area (Å²) >= 11 is 0. The quantitative estimate of drug-likeness (QED) is 0.0681. The third kappa shape index (κ3) is 12.6. The molecule has 0 aromatic carbocycles. The molecule has 16 N–H and O–H groups in total. The highest BCUT2D eigenvalue weighted by molar-refractivity contribution is 5.87. The highest BCUT2D eigenvalue weighted by Gasteiger charge is 2.72. The number of rotatable bonds is 15. The first-order valence-electron chi connectivity index (χ1n) is 33.4. The minimum Gasteiger partial charge on any atom is -0.394 e. The van der Waals surface area contributed by atoms with Crippen LogP contribution in [0.15, 0.2) is 0 Å². The Labute approximate surface area is 537 Å². The lowest BCUT2D eigenvalue weighted by atomic mass is 9.44. The Morgan fingerprint density at radius 3 is 1.63 bits per heavy atom. The Kier molecular flexibility index (Phi) is 21.3. The lowest BCUT2D eigenvalue weighted by molar-refractivity contribution is -0.408. The fraction of sp³-hybridized carbons (Fsp3) is 0.984. The van der Waals surface area contributed by atoms with Crippen molar-refractivity contribution in [2.24, 2.45) is 52.3 Å². The Hall–Kier alpha value is -1.53. The number of Topliss-reactive ketones (excluding diaryl/α,β-unsaturated/α-hetero) is 1. The molecule has 4 aliphatic carbocycles. The van der Waals surface area contributed by atoms with Crippen LogP contribution in [0.3, 0.4) is 0 Å². The van der Waals surface area contributed by atoms with E-state index in [1.54, 1.807) is 0 Å². The highest BCUT2D eigenvalue weighted by atomic mass is 16.8. The molecule has 8 saturated heterocycles. The summed E-state index contributed by atoms with van der Waals surface area (Å²) in [5, 5.41) is 177. The van der Waals surface area contributed by atoms with Crippen LogP contribution in [0.25, 0.3) is 0 Å². The van der Waals surface area contributed by atoms with Crippen LogP contribution < -0.4 is 0 Å². The van der Waals surface area contributed by atoms with Gasteiger partial charge < -0.3 is 148 Å². The standard InChI is InChI=1S/C62H100O31/c1-21-9-12-62(81-19-21)22(2)36-31(93-62)14-29-27-8-7-25-13-26(10-11-60(25,5)28(27)15-35(67)61(29,36)6)84-57-47(78)42(73)50(33(17-64)86-57)89-58-48(79)43(74)51(34(18-65)87-58)90-59-53(92-54-44(75)38(69)30(66)20-80-54)52(39(70)32(16-63)85-59)91-56-46(77)41(72)49(24(4)83-56)88-55-45(76)40(71)37(68)23(3)82-55/h21-34,36-59,63-66,68-79H,7-20H2,1-6H3/t21?,22-,23?,24?,25-,26-,27+,28-,29-,30?,31-,32?,33?,34?,36-,37?,38?,39?,40?,41?,42?,43?,44?,45?,46?,47?,48?,49?,50?,51?,52?,53?,54?,55?,56?,57?,58?,59?,60-,61+,62+/m0/s1. The zero-order chi connectivity index (χ0) is 66.8. The molecule has 93 heavy (non-hydrogen) atoms. The molecular weight excluding hydrogens is 1240 g/mol. The first-order chi connectivity index (χ1) is 44.1. The number of aliphatic hydroxyl groups is 16. The van der Waals surface area contributed by atoms with Gasteiger partial charge in [-0.25, -0.2) is 0 Å². The maximum absolute atomic E-state index is 14.8. The van der Waals surface area contributed by atoms with Gasteiger partial charge in [-0.05, 0) is 93.8 Å². The first-order valence-corrected chi connectivity index (χ1v) is 33.4. The molecule has 0 aromatic heterocycles. The van der Waals surface area contributed by atoms with E-state index < -0.39 is 222 Å². The predicted octanol–water partition coefficient (Wildman–Crippen LogP) is -5.39. The zero-order valence-corrected chi connectivity index (χ0v) is 53.1. The van der Waals surface area contributed by atoms with Crippen molar-refractivity contribution in [3.05, 3.63) is 0 Å². The molecule has 12 aliphatic rings. The average Bonchev–Trinajstić information content (AvgIpc) is 1.55. The molecule has 12 rings (SSSR count). The van der Waals surface area contributed by atoms with Crippen molar-refractivity contribution in [3.63, 3.8) is 0 Å². The summed E-state index contributed by atoms with van der Waals surface area (Å²) in [5.41, 5.74) is -0.669. The monoisotopic (exact) mass is 1340 g/mol. The van der Waals surface area contributed by atoms with E-state index in [9.17, 15) is 86.5 Å². The van der Waals surface area contributed by atoms with Crippen LogP contribution in [-0.4, -0.2) is 317 Å². The van der Waals surface area contributed by atoms with E-state index in [0.29, 0.717) is 43.5 Å². The molecule has 1 spiro atoms. The van der Waals surface area contributed by atoms with Crippen LogP contribution in [0.1, 0.15) is 99.3 Å². The van der Waals surface area contributed by atoms with Crippen molar-refractivity contribution in [2.75, 3.05) is 33.0 Å². The Balaban J connectivity index is 0.691. The van der Waals surface area contributed by atoms with Crippen molar-refractivity contribution in [2.45, 2.75) is 295 Å². The number of carbonyl (C=O) groups excluding carboxylic acids is 1. The molecule has 30 unspecified atom stereocenters. The number of ketones is 1. The van der Waals surface area contributed by atoms with Gasteiger partial charge in [0, 0.05) is 30.1 Å². The molecule has 12 fully saturated rings. The van der Waals surface area contributed by atoms with Crippen LogP contribution >= 0.6 is 0 Å². The molecule has 31 nitrogen and oxygen atoms in total. The largest absolute Gasteiger partial charge is 0.394 e. The van der Waals surface area contributed by atoms with Crippen molar-refractivity contribution in [1.82, 2.24) is 0 Å². The topological polar surface area (TPSA) is 470 Å². The van der Waals surface area contributed by atoms with E-state index in [-0.39, 0.29) is 41.1 Å². The lowest BCUT2D eigenvalue weighted by Crippen LogP contribution is -2.69. The number of carbonyl (C=O) groups is 1. The summed E-state index contributed by atoms with van der Waals surface area (Å²) in [6, 6.07) is 0. The van der Waals surface area contributed by atoms with E-state index in [1.807, 2.05) is 0 Å². The molecule has 8 aliphatic heterocycles. The highest BCUT2D eigenvalue weighted by Crippen LogP contribution is 2.70. The van der Waals surface area contributed by atoms with Crippen LogP contribution in [0.5, 0.6) is 0 Å². The Bertz CT molecular complexity index is 2520. The van der Waals surface area contributed by atoms with Gasteiger partial charge in [0.25, 0.3) is 0 Å². The number of ether oxygens (including phenoxy) is 14. The van der Waals surface area contributed by atoms with Crippen LogP contribution in [-0.2, 0) is 71.1 Å². The first kappa shape index (κ1) is 71.3. The second-order valence-electron chi connectivity index (χ2n) is 29.3. The zero-order valence-electron chi connectivity index (χ0n) is 53.1. The van der Waals surface area contributed by atoms with E-state index in [2.05, 4.69) is 27.7 Å². The molecule has 31 heteroatoms. The number of hydrogen-bond donors (Lipinski definition) is 16. The second-order valence-corrected chi connectivity index (χ2v) is 29.3. The van der Waals surface area contributed by atoms with Crippen LogP contribution in [0.4, 0.5) is 0 Å². The molecule has 0 aromatic rings. The van der Waals surface area contributed by atoms with Gasteiger partial charge in [-0.15, -0.1) is 0 Å². The van der Waals surface area contributed by atoms with E-state index in [4.69, 9.17) is 66.3 Å². The minimum absolute atomic E-state index is 0.0299. The normalized spacial score (nSPS) is 57.5. The summed E-state index contributed by atoms with van der Waals surface area (Å²) < 4.78 is 85.0. The molecule has 534 valence electrons. The maximum atomic E-state index is 14.8. The van der Waals surface area contributed by atoms with Gasteiger partial charge in [-0.1, -0.05) is 27.7 Å². The average molecular weight is 1340 g/mol. The van der Waals surface area contributed by atoms with Gasteiger partial charge in [-0.3, -0.25) is 4.79 Å². The predicted molar refractivity (Wildman–Crippen MR) is 305 cm³/mol. The number of aliphatic hydroxyl groups excluding tert-OH is 16. The fourth-order valence-electron chi connectivity index (χ4n) is 18.4. The summed E-state index contributed by atoms with van der Waals surface area (Å²) in [6.07, 6.45) is -45.1. The third-order valence-electron chi connectivity index (χ3n) is 24.0. The van der Waals surface area contributed by atoms with E-state index >= 15 is 0 Å². The molecular formula is C62H100O31. The summed E-state index contributed by atoms with van der Waals surface area (Å²) in [4.78, 5) is 14.8. The maximum Gasteiger partial charge on any atom is 0.187 e. The lowest BCUT2D eigenvalue weighted by Gasteiger charge is -2.60. The van der Waals surface area contributed by atoms with Gasteiger partial charge in [0.15, 0.2) is 43.5 Å². The molecule has 8 heterocycles. The van der Waals surface area contributed by atoms with E-state index in [1.165, 1.54) is 13.8 Å². The van der Waals surface area contributed by atoms with Gasteiger partial charge in [0.05, 0.1) is 57.5 Å². The third-order valence-corrected chi connectivity index (χ3v) is 24.0. The van der Waals surface area contributed by atoms with Gasteiger partial charge in [0.1, 0.15) is 134 Å². The molecule has 0 radical (unpaired) electrons. The summed E-state index contributed by atoms with van der Waals surface area (Å²) in [5.74, 6) is 1.24. The van der Waals surface area contributed by atoms with Crippen molar-refractivity contribution in [1.29, 1.82) is 0 Å². The molecule has 0 bridgehead atoms. The fourth-order valence-corrected chi connectivity index (χ4v) is 18.4. The SMILES string of the molecule is CC1CC[C@@]2(OC1)O[C@H]1C[C@H]3[C@@H]4CC[C@H]5C[C@@H](OC6OC(CO)C(OC7OC(CO)C(OC8OC(CO)C(O)C(OC9OC(C)C(OC%10OC(C)C(O)C(O)C%10O)C(O)C9O)C8OC8OCC(O)C(O)C8O)C(O)C7O)C(O)C6O)CC[C@]5(C)[C@H]4CC(=O)[C@]3(C)[C@H]1[C@@H]2C. The number of fused-ring (bicyclic) bond motifs is 7. The smallest absolute Gasteiger partial charge is 0.187 e. The van der Waals surface area contributed by atoms with Crippen LogP contribution in [0.2, 0.25) is 0 Å². The van der Waals surface area contributed by atoms with Gasteiger partial charge >= 0.3 is 0 Å². The molecule has 41 atom stereocenters. The van der Waals surface area contributed by atoms with Crippen molar-refractivity contribution < 1.29 is 153 Å². The second kappa shape index (κ2) is 27.8.